The summed E-state index contributed by atoms with van der Waals surface area (Å²) in [5.41, 5.74) is 0.969. The molecule has 18 heavy (non-hydrogen) atoms. The highest BCUT2D eigenvalue weighted by molar-refractivity contribution is 7.15. The van der Waals surface area contributed by atoms with Gasteiger partial charge in [0.1, 0.15) is 10.8 Å². The van der Waals surface area contributed by atoms with Crippen LogP contribution < -0.4 is 5.32 Å². The lowest BCUT2D eigenvalue weighted by molar-refractivity contribution is 0.554. The van der Waals surface area contributed by atoms with E-state index >= 15 is 0 Å². The van der Waals surface area contributed by atoms with Gasteiger partial charge < -0.3 is 5.32 Å². The number of rotatable bonds is 5. The predicted octanol–water partition coefficient (Wildman–Crippen LogP) is 3.69. The molecule has 0 fully saturated rings. The van der Waals surface area contributed by atoms with Gasteiger partial charge in [0.05, 0.1) is 0 Å². The van der Waals surface area contributed by atoms with Crippen LogP contribution in [-0.2, 0) is 6.54 Å². The van der Waals surface area contributed by atoms with Gasteiger partial charge in [0, 0.05) is 23.2 Å². The Morgan fingerprint density at radius 2 is 2.00 bits per heavy atom. The molecule has 0 atom stereocenters. The van der Waals surface area contributed by atoms with E-state index in [1.165, 1.54) is 17.0 Å². The summed E-state index contributed by atoms with van der Waals surface area (Å²) < 4.78 is 12.8. The van der Waals surface area contributed by atoms with Crippen LogP contribution in [0.4, 0.5) is 4.39 Å². The molecule has 2 rings (SSSR count). The van der Waals surface area contributed by atoms with Crippen LogP contribution in [0.1, 0.15) is 18.7 Å². The number of benzene rings is 1. The van der Waals surface area contributed by atoms with E-state index < -0.39 is 0 Å². The monoisotopic (exact) mass is 264 g/mol. The van der Waals surface area contributed by atoms with Crippen LogP contribution in [-0.4, -0.2) is 11.5 Å². The van der Waals surface area contributed by atoms with E-state index in [0.29, 0.717) is 5.92 Å². The molecule has 0 aliphatic carbocycles. The van der Waals surface area contributed by atoms with Gasteiger partial charge in [-0.1, -0.05) is 13.8 Å². The summed E-state index contributed by atoms with van der Waals surface area (Å²) in [6.07, 6.45) is 1.89. The second kappa shape index (κ2) is 6.07. The second-order valence-corrected chi connectivity index (χ2v) is 5.78. The fraction of sp³-hybridized carbons (Fsp3) is 0.357. The van der Waals surface area contributed by atoms with E-state index in [9.17, 15) is 4.39 Å². The number of thiazole rings is 1. The third kappa shape index (κ3) is 3.62. The first-order valence-electron chi connectivity index (χ1n) is 6.06. The Morgan fingerprint density at radius 3 is 2.67 bits per heavy atom. The van der Waals surface area contributed by atoms with Gasteiger partial charge in [0.25, 0.3) is 0 Å². The molecule has 1 heterocycles. The Kier molecular flexibility index (Phi) is 4.44. The molecule has 0 amide bonds. The van der Waals surface area contributed by atoms with Crippen LogP contribution in [0.2, 0.25) is 0 Å². The van der Waals surface area contributed by atoms with Gasteiger partial charge in [0.2, 0.25) is 0 Å². The van der Waals surface area contributed by atoms with Gasteiger partial charge in [-0.2, -0.15) is 0 Å². The first-order valence-corrected chi connectivity index (χ1v) is 6.88. The third-order valence-electron chi connectivity index (χ3n) is 2.50. The fourth-order valence-electron chi connectivity index (χ4n) is 1.60. The second-order valence-electron chi connectivity index (χ2n) is 4.66. The molecule has 0 unspecified atom stereocenters. The highest BCUT2D eigenvalue weighted by Gasteiger charge is 2.05. The molecule has 0 aliphatic rings. The van der Waals surface area contributed by atoms with Crippen molar-refractivity contribution in [1.29, 1.82) is 0 Å². The van der Waals surface area contributed by atoms with Gasteiger partial charge in [-0.15, -0.1) is 11.3 Å². The van der Waals surface area contributed by atoms with E-state index in [1.807, 2.05) is 6.20 Å². The molecule has 4 heteroatoms. The summed E-state index contributed by atoms with van der Waals surface area (Å²) in [4.78, 5) is 5.57. The molecule has 2 nitrogen and oxygen atoms in total. The number of halogens is 1. The van der Waals surface area contributed by atoms with Crippen molar-refractivity contribution in [1.82, 2.24) is 10.3 Å². The molecule has 1 aromatic carbocycles. The Labute approximate surface area is 111 Å². The van der Waals surface area contributed by atoms with Crippen LogP contribution in [0.5, 0.6) is 0 Å². The van der Waals surface area contributed by atoms with Crippen LogP contribution in [0.3, 0.4) is 0 Å². The van der Waals surface area contributed by atoms with Gasteiger partial charge in [-0.25, -0.2) is 9.37 Å². The predicted molar refractivity (Wildman–Crippen MR) is 74.1 cm³/mol. The van der Waals surface area contributed by atoms with E-state index in [2.05, 4.69) is 24.1 Å². The van der Waals surface area contributed by atoms with Crippen molar-refractivity contribution in [3.8, 4) is 10.6 Å². The van der Waals surface area contributed by atoms with Crippen LogP contribution in [0.25, 0.3) is 10.6 Å². The van der Waals surface area contributed by atoms with Crippen LogP contribution in [0.15, 0.2) is 30.5 Å². The molecule has 96 valence electrons. The molecular weight excluding hydrogens is 247 g/mol. The molecule has 0 saturated heterocycles. The maximum absolute atomic E-state index is 12.8. The minimum atomic E-state index is -0.214. The van der Waals surface area contributed by atoms with E-state index in [1.54, 1.807) is 23.5 Å². The molecule has 0 radical (unpaired) electrons. The third-order valence-corrected chi connectivity index (χ3v) is 3.54. The number of nitrogens with one attached hydrogen (secondary N) is 1. The minimum Gasteiger partial charge on any atom is -0.312 e. The fourth-order valence-corrected chi connectivity index (χ4v) is 2.49. The SMILES string of the molecule is CC(C)CNCc1cnc(-c2ccc(F)cc2)s1. The Balaban J connectivity index is 1.99. The summed E-state index contributed by atoms with van der Waals surface area (Å²) in [6, 6.07) is 6.46. The maximum Gasteiger partial charge on any atom is 0.123 e. The summed E-state index contributed by atoms with van der Waals surface area (Å²) in [7, 11) is 0. The first-order chi connectivity index (χ1) is 8.65. The first kappa shape index (κ1) is 13.2. The highest BCUT2D eigenvalue weighted by atomic mass is 32.1. The molecule has 0 saturated carbocycles. The standard InChI is InChI=1S/C14H17FN2S/c1-10(2)7-16-8-13-9-17-14(18-13)11-3-5-12(15)6-4-11/h3-6,9-10,16H,7-8H2,1-2H3. The van der Waals surface area contributed by atoms with Crippen molar-refractivity contribution in [2.45, 2.75) is 20.4 Å². The highest BCUT2D eigenvalue weighted by Crippen LogP contribution is 2.25. The lowest BCUT2D eigenvalue weighted by atomic mass is 10.2. The maximum atomic E-state index is 12.8. The largest absolute Gasteiger partial charge is 0.312 e. The Bertz CT molecular complexity index is 491. The van der Waals surface area contributed by atoms with Crippen molar-refractivity contribution in [2.75, 3.05) is 6.54 Å². The minimum absolute atomic E-state index is 0.214. The van der Waals surface area contributed by atoms with E-state index in [0.717, 1.165) is 23.7 Å². The average molecular weight is 264 g/mol. The number of nitrogens with zero attached hydrogens (tertiary/aromatic N) is 1. The normalized spacial score (nSPS) is 11.1. The molecule has 1 aromatic heterocycles. The van der Waals surface area contributed by atoms with Crippen molar-refractivity contribution >= 4 is 11.3 Å². The summed E-state index contributed by atoms with van der Waals surface area (Å²) >= 11 is 1.65. The summed E-state index contributed by atoms with van der Waals surface area (Å²) in [5.74, 6) is 0.434. The Hall–Kier alpha value is -1.26. The zero-order valence-electron chi connectivity index (χ0n) is 10.6. The van der Waals surface area contributed by atoms with Crippen molar-refractivity contribution < 1.29 is 4.39 Å². The van der Waals surface area contributed by atoms with Crippen molar-refractivity contribution in [3.63, 3.8) is 0 Å². The van der Waals surface area contributed by atoms with Crippen LogP contribution in [0, 0.1) is 11.7 Å². The molecule has 1 N–H and O–H groups in total. The average Bonchev–Trinajstić information content (AvgIpc) is 2.78. The molecule has 0 spiro atoms. The van der Waals surface area contributed by atoms with Gasteiger partial charge in [-0.05, 0) is 36.7 Å². The van der Waals surface area contributed by atoms with Crippen LogP contribution >= 0.6 is 11.3 Å². The van der Waals surface area contributed by atoms with Crippen molar-refractivity contribution in [3.05, 3.63) is 41.2 Å². The lowest BCUT2D eigenvalue weighted by Gasteiger charge is -2.04. The smallest absolute Gasteiger partial charge is 0.123 e. The Morgan fingerprint density at radius 1 is 1.28 bits per heavy atom. The van der Waals surface area contributed by atoms with Gasteiger partial charge in [0.15, 0.2) is 0 Å². The van der Waals surface area contributed by atoms with Gasteiger partial charge in [-0.3, -0.25) is 0 Å². The van der Waals surface area contributed by atoms with Crippen molar-refractivity contribution in [2.24, 2.45) is 5.92 Å². The van der Waals surface area contributed by atoms with E-state index in [-0.39, 0.29) is 5.82 Å². The molecule has 0 aliphatic heterocycles. The molecular formula is C14H17FN2S. The lowest BCUT2D eigenvalue weighted by Crippen LogP contribution is -2.18. The number of hydrogen-bond acceptors (Lipinski definition) is 3. The molecule has 2 aromatic rings. The molecule has 0 bridgehead atoms. The summed E-state index contributed by atoms with van der Waals surface area (Å²) in [5, 5.41) is 4.33. The zero-order chi connectivity index (χ0) is 13.0. The number of aromatic nitrogens is 1. The van der Waals surface area contributed by atoms with Gasteiger partial charge >= 0.3 is 0 Å². The summed E-state index contributed by atoms with van der Waals surface area (Å²) in [6.45, 7) is 6.22. The quantitative estimate of drug-likeness (QED) is 0.890. The topological polar surface area (TPSA) is 24.9 Å². The zero-order valence-corrected chi connectivity index (χ0v) is 11.4. The number of hydrogen-bond donors (Lipinski definition) is 1. The van der Waals surface area contributed by atoms with E-state index in [4.69, 9.17) is 0 Å².